The molecule has 1 rings (SSSR count). The molecule has 0 bridgehead atoms. The highest BCUT2D eigenvalue weighted by molar-refractivity contribution is 5.75. The molecule has 12 nitrogen and oxygen atoms in total. The Balaban J connectivity index is 3.34. The maximum Gasteiger partial charge on any atom is 0.514 e. The Bertz CT molecular complexity index is 976. The fraction of sp³-hybridized carbons (Fsp3) is 0.630. The first-order valence-electron chi connectivity index (χ1n) is 12.8. The van der Waals surface area contributed by atoms with Gasteiger partial charge < -0.3 is 39.3 Å². The first-order chi connectivity index (χ1) is 18.1. The number of nitrogens with two attached hydrogens (primary N) is 1. The van der Waals surface area contributed by atoms with Gasteiger partial charge in [0.1, 0.15) is 12.1 Å². The third-order valence-corrected chi connectivity index (χ3v) is 5.58. The molecule has 3 unspecified atom stereocenters. The van der Waals surface area contributed by atoms with Gasteiger partial charge >= 0.3 is 24.4 Å². The van der Waals surface area contributed by atoms with Gasteiger partial charge in [-0.2, -0.15) is 0 Å². The molecule has 0 saturated heterocycles. The molecule has 0 aliphatic carbocycles. The standard InChI is InChI=1S/C27H41NO11/c1-14(2)11-12-34-25(31)37-18(8)17(7)22(23(28)24(29)30)19-9-10-20(38-26(32)35-15(3)4)21(13-19)39-27(33)36-16(5)6/h9-10,13-18,22-23H,11-12,28H2,1-8H3,(H,29,30)/t17?,18?,22?,23-/m0/s1. The Labute approximate surface area is 229 Å². The second kappa shape index (κ2) is 15.8. The van der Waals surface area contributed by atoms with Crippen LogP contribution >= 0.6 is 0 Å². The average molecular weight is 556 g/mol. The van der Waals surface area contributed by atoms with E-state index in [0.29, 0.717) is 17.9 Å². The van der Waals surface area contributed by atoms with Crippen molar-refractivity contribution in [1.82, 2.24) is 0 Å². The number of carbonyl (C=O) groups is 4. The number of hydrogen-bond acceptors (Lipinski definition) is 11. The topological polar surface area (TPSA) is 170 Å². The highest BCUT2D eigenvalue weighted by atomic mass is 16.8. The van der Waals surface area contributed by atoms with Crippen LogP contribution in [0.15, 0.2) is 18.2 Å². The Morgan fingerprint density at radius 1 is 0.795 bits per heavy atom. The molecular formula is C27H41NO11. The number of ether oxygens (including phenoxy) is 6. The fourth-order valence-electron chi connectivity index (χ4n) is 3.46. The molecule has 0 spiro atoms. The van der Waals surface area contributed by atoms with Crippen LogP contribution in [-0.4, -0.2) is 60.5 Å². The number of hydrogen-bond donors (Lipinski definition) is 2. The Morgan fingerprint density at radius 2 is 1.33 bits per heavy atom. The molecule has 1 aromatic carbocycles. The highest BCUT2D eigenvalue weighted by Crippen LogP contribution is 2.37. The summed E-state index contributed by atoms with van der Waals surface area (Å²) in [5, 5.41) is 9.72. The molecule has 0 aromatic heterocycles. The normalized spacial score (nSPS) is 14.3. The van der Waals surface area contributed by atoms with Crippen molar-refractivity contribution >= 4 is 24.4 Å². The van der Waals surface area contributed by atoms with Crippen molar-refractivity contribution in [1.29, 1.82) is 0 Å². The molecule has 0 fully saturated rings. The Kier molecular flexibility index (Phi) is 13.5. The van der Waals surface area contributed by atoms with Gasteiger partial charge in [-0.05, 0) is 64.7 Å². The van der Waals surface area contributed by atoms with Crippen LogP contribution in [0, 0.1) is 11.8 Å². The van der Waals surface area contributed by atoms with Crippen LogP contribution < -0.4 is 15.2 Å². The minimum absolute atomic E-state index is 0.168. The quantitative estimate of drug-likeness (QED) is 0.184. The molecule has 0 radical (unpaired) electrons. The van der Waals surface area contributed by atoms with Crippen molar-refractivity contribution < 1.29 is 52.7 Å². The van der Waals surface area contributed by atoms with Crippen LogP contribution in [0.25, 0.3) is 0 Å². The van der Waals surface area contributed by atoms with E-state index in [1.54, 1.807) is 41.5 Å². The van der Waals surface area contributed by atoms with E-state index in [9.17, 15) is 24.3 Å². The molecule has 1 aromatic rings. The van der Waals surface area contributed by atoms with Gasteiger partial charge in [0.15, 0.2) is 11.5 Å². The maximum absolute atomic E-state index is 12.2. The van der Waals surface area contributed by atoms with Crippen LogP contribution in [-0.2, 0) is 23.7 Å². The predicted octanol–water partition coefficient (Wildman–Crippen LogP) is 5.25. The number of rotatable bonds is 13. The third kappa shape index (κ3) is 11.8. The summed E-state index contributed by atoms with van der Waals surface area (Å²) in [6.07, 6.45) is -4.11. The lowest BCUT2D eigenvalue weighted by atomic mass is 9.79. The number of aliphatic carboxylic acids is 1. The van der Waals surface area contributed by atoms with Crippen molar-refractivity contribution in [2.24, 2.45) is 17.6 Å². The number of carboxylic acids is 1. The van der Waals surface area contributed by atoms with Crippen molar-refractivity contribution in [3.8, 4) is 11.5 Å². The number of carbonyl (C=O) groups excluding carboxylic acids is 3. The summed E-state index contributed by atoms with van der Waals surface area (Å²) in [7, 11) is 0. The molecule has 220 valence electrons. The third-order valence-electron chi connectivity index (χ3n) is 5.58. The van der Waals surface area contributed by atoms with Gasteiger partial charge in [0.2, 0.25) is 0 Å². The largest absolute Gasteiger partial charge is 0.514 e. The van der Waals surface area contributed by atoms with E-state index < -0.39 is 60.6 Å². The zero-order chi connectivity index (χ0) is 29.9. The summed E-state index contributed by atoms with van der Waals surface area (Å²) in [6.45, 7) is 13.9. The first-order valence-corrected chi connectivity index (χ1v) is 12.8. The fourth-order valence-corrected chi connectivity index (χ4v) is 3.46. The van der Waals surface area contributed by atoms with E-state index >= 15 is 0 Å². The van der Waals surface area contributed by atoms with Gasteiger partial charge in [-0.1, -0.05) is 26.8 Å². The molecule has 0 heterocycles. The van der Waals surface area contributed by atoms with Crippen molar-refractivity contribution in [2.75, 3.05) is 6.61 Å². The summed E-state index contributed by atoms with van der Waals surface area (Å²) in [5.41, 5.74) is 6.38. The zero-order valence-electron chi connectivity index (χ0n) is 23.8. The maximum atomic E-state index is 12.2. The van der Waals surface area contributed by atoms with Gasteiger partial charge in [0.05, 0.1) is 18.8 Å². The van der Waals surface area contributed by atoms with Gasteiger partial charge in [0, 0.05) is 11.8 Å². The molecular weight excluding hydrogens is 514 g/mol. The van der Waals surface area contributed by atoms with Crippen LogP contribution in [0.3, 0.4) is 0 Å². The lowest BCUT2D eigenvalue weighted by molar-refractivity contribution is -0.139. The Morgan fingerprint density at radius 3 is 1.82 bits per heavy atom. The molecule has 0 aliphatic rings. The van der Waals surface area contributed by atoms with E-state index in [4.69, 9.17) is 34.2 Å². The van der Waals surface area contributed by atoms with Gasteiger partial charge in [-0.3, -0.25) is 4.79 Å². The molecule has 12 heteroatoms. The number of carboxylic acid groups (broad SMARTS) is 1. The van der Waals surface area contributed by atoms with E-state index in [2.05, 4.69) is 0 Å². The molecule has 0 saturated carbocycles. The second-order valence-corrected chi connectivity index (χ2v) is 10.1. The van der Waals surface area contributed by atoms with E-state index in [1.165, 1.54) is 18.2 Å². The summed E-state index contributed by atoms with van der Waals surface area (Å²) in [4.78, 5) is 48.4. The SMILES string of the molecule is CC(C)CCOC(=O)OC(C)C(C)C(c1ccc(OC(=O)OC(C)C)c(OC(=O)OC(C)C)c1)[C@H](N)C(=O)O. The van der Waals surface area contributed by atoms with Gasteiger partial charge in [-0.15, -0.1) is 0 Å². The predicted molar refractivity (Wildman–Crippen MR) is 140 cm³/mol. The second-order valence-electron chi connectivity index (χ2n) is 10.1. The van der Waals surface area contributed by atoms with Crippen molar-refractivity contribution in [3.05, 3.63) is 23.8 Å². The minimum atomic E-state index is -1.43. The van der Waals surface area contributed by atoms with E-state index in [0.717, 1.165) is 0 Å². The molecule has 4 atom stereocenters. The van der Waals surface area contributed by atoms with E-state index in [1.807, 2.05) is 13.8 Å². The lowest BCUT2D eigenvalue weighted by Gasteiger charge is -2.31. The van der Waals surface area contributed by atoms with Crippen LogP contribution in [0.5, 0.6) is 11.5 Å². The van der Waals surface area contributed by atoms with Crippen LogP contribution in [0.1, 0.15) is 73.3 Å². The average Bonchev–Trinajstić information content (AvgIpc) is 2.79. The van der Waals surface area contributed by atoms with Crippen molar-refractivity contribution in [2.45, 2.75) is 92.1 Å². The lowest BCUT2D eigenvalue weighted by Crippen LogP contribution is -2.42. The summed E-state index contributed by atoms with van der Waals surface area (Å²) >= 11 is 0. The smallest absolute Gasteiger partial charge is 0.480 e. The van der Waals surface area contributed by atoms with Crippen molar-refractivity contribution in [3.63, 3.8) is 0 Å². The number of benzene rings is 1. The Hall–Kier alpha value is -3.54. The molecule has 0 amide bonds. The summed E-state index contributed by atoms with van der Waals surface area (Å²) in [6, 6.07) is 2.67. The summed E-state index contributed by atoms with van der Waals surface area (Å²) < 4.78 is 30.9. The molecule has 0 aliphatic heterocycles. The monoisotopic (exact) mass is 555 g/mol. The molecule has 3 N–H and O–H groups in total. The van der Waals surface area contributed by atoms with Gasteiger partial charge in [-0.25, -0.2) is 14.4 Å². The van der Waals surface area contributed by atoms with E-state index in [-0.39, 0.29) is 18.1 Å². The van der Waals surface area contributed by atoms with Gasteiger partial charge in [0.25, 0.3) is 0 Å². The first kappa shape index (κ1) is 33.5. The summed E-state index contributed by atoms with van der Waals surface area (Å²) in [5.74, 6) is -2.93. The highest BCUT2D eigenvalue weighted by Gasteiger charge is 2.36. The zero-order valence-corrected chi connectivity index (χ0v) is 23.8. The van der Waals surface area contributed by atoms with Crippen LogP contribution in [0.2, 0.25) is 0 Å². The molecule has 39 heavy (non-hydrogen) atoms. The van der Waals surface area contributed by atoms with Crippen LogP contribution in [0.4, 0.5) is 14.4 Å². The minimum Gasteiger partial charge on any atom is -0.480 e.